The molecule has 1 aromatic carbocycles. The number of aliphatic hydroxyl groups is 1. The van der Waals surface area contributed by atoms with Crippen molar-refractivity contribution in [2.45, 2.75) is 39.1 Å². The summed E-state index contributed by atoms with van der Waals surface area (Å²) < 4.78 is 47.7. The molecule has 1 heterocycles. The standard InChI is InChI=1S/C20H26F3N3O3.HI/c1-4-24-18(26-12-19(3,27)17-6-5-9-28-17)25-11-15-8-7-14(2)10-16(15)29-13-20(21,22)23;/h5-10,27H,4,11-13H2,1-3H3,(H2,24,25,26);1H. The third-order valence-corrected chi connectivity index (χ3v) is 4.02. The maximum atomic E-state index is 12.5. The molecular formula is C20H27F3IN3O3. The van der Waals surface area contributed by atoms with Crippen molar-refractivity contribution in [3.63, 3.8) is 0 Å². The lowest BCUT2D eigenvalue weighted by Crippen LogP contribution is -2.44. The van der Waals surface area contributed by atoms with Gasteiger partial charge in [-0.05, 0) is 44.5 Å². The number of rotatable bonds is 8. The smallest absolute Gasteiger partial charge is 0.422 e. The lowest BCUT2D eigenvalue weighted by molar-refractivity contribution is -0.153. The first-order chi connectivity index (χ1) is 13.6. The number of nitrogens with one attached hydrogen (secondary N) is 2. The molecule has 168 valence electrons. The molecule has 30 heavy (non-hydrogen) atoms. The van der Waals surface area contributed by atoms with Gasteiger partial charge in [0.15, 0.2) is 12.6 Å². The quantitative estimate of drug-likeness (QED) is 0.267. The van der Waals surface area contributed by atoms with Crippen LogP contribution >= 0.6 is 24.0 Å². The van der Waals surface area contributed by atoms with Gasteiger partial charge in [0.2, 0.25) is 0 Å². The van der Waals surface area contributed by atoms with Crippen molar-refractivity contribution in [3.05, 3.63) is 53.5 Å². The molecule has 10 heteroatoms. The highest BCUT2D eigenvalue weighted by molar-refractivity contribution is 14.0. The van der Waals surface area contributed by atoms with Crippen molar-refractivity contribution >= 4 is 29.9 Å². The van der Waals surface area contributed by atoms with Gasteiger partial charge < -0.3 is 24.9 Å². The van der Waals surface area contributed by atoms with Crippen LogP contribution in [0.5, 0.6) is 5.75 Å². The lowest BCUT2D eigenvalue weighted by atomic mass is 10.0. The van der Waals surface area contributed by atoms with Crippen molar-refractivity contribution in [1.29, 1.82) is 0 Å². The van der Waals surface area contributed by atoms with Gasteiger partial charge >= 0.3 is 6.18 Å². The predicted molar refractivity (Wildman–Crippen MR) is 119 cm³/mol. The van der Waals surface area contributed by atoms with Crippen LogP contribution in [0, 0.1) is 6.92 Å². The molecule has 0 amide bonds. The molecule has 0 saturated heterocycles. The van der Waals surface area contributed by atoms with Gasteiger partial charge in [0.1, 0.15) is 17.1 Å². The minimum Gasteiger partial charge on any atom is -0.484 e. The van der Waals surface area contributed by atoms with Crippen LogP contribution in [0.25, 0.3) is 0 Å². The number of guanidine groups is 1. The first-order valence-corrected chi connectivity index (χ1v) is 9.18. The van der Waals surface area contributed by atoms with Crippen LogP contribution < -0.4 is 15.4 Å². The number of halogens is 4. The Morgan fingerprint density at radius 3 is 2.57 bits per heavy atom. The maximum Gasteiger partial charge on any atom is 0.422 e. The van der Waals surface area contributed by atoms with E-state index in [-0.39, 0.29) is 42.8 Å². The second kappa shape index (κ2) is 11.4. The molecule has 1 aromatic heterocycles. The summed E-state index contributed by atoms with van der Waals surface area (Å²) in [5.41, 5.74) is 0.0501. The summed E-state index contributed by atoms with van der Waals surface area (Å²) in [5.74, 6) is 0.952. The lowest BCUT2D eigenvalue weighted by Gasteiger charge is -2.22. The van der Waals surface area contributed by atoms with Crippen molar-refractivity contribution in [2.75, 3.05) is 19.7 Å². The van der Waals surface area contributed by atoms with Gasteiger partial charge in [-0.1, -0.05) is 12.1 Å². The summed E-state index contributed by atoms with van der Waals surface area (Å²) in [4.78, 5) is 4.39. The van der Waals surface area contributed by atoms with Gasteiger partial charge in [-0.3, -0.25) is 0 Å². The molecule has 6 nitrogen and oxygen atoms in total. The topological polar surface area (TPSA) is 79.0 Å². The largest absolute Gasteiger partial charge is 0.484 e. The number of benzene rings is 1. The van der Waals surface area contributed by atoms with E-state index >= 15 is 0 Å². The summed E-state index contributed by atoms with van der Waals surface area (Å²) in [5, 5.41) is 16.6. The second-order valence-corrected chi connectivity index (χ2v) is 6.81. The Hall–Kier alpha value is -1.95. The van der Waals surface area contributed by atoms with E-state index in [9.17, 15) is 18.3 Å². The van der Waals surface area contributed by atoms with Crippen molar-refractivity contribution in [3.8, 4) is 5.75 Å². The fraction of sp³-hybridized carbons (Fsp3) is 0.450. The van der Waals surface area contributed by atoms with Gasteiger partial charge in [0, 0.05) is 12.1 Å². The number of nitrogens with zero attached hydrogens (tertiary/aromatic N) is 1. The minimum absolute atomic E-state index is 0. The molecular weight excluding hydrogens is 514 g/mol. The highest BCUT2D eigenvalue weighted by atomic mass is 127. The van der Waals surface area contributed by atoms with Gasteiger partial charge in [0.05, 0.1) is 19.4 Å². The zero-order chi connectivity index (χ0) is 21.5. The maximum absolute atomic E-state index is 12.5. The molecule has 0 aliphatic rings. The Morgan fingerprint density at radius 1 is 1.23 bits per heavy atom. The van der Waals surface area contributed by atoms with E-state index < -0.39 is 18.4 Å². The Labute approximate surface area is 190 Å². The summed E-state index contributed by atoms with van der Waals surface area (Å²) in [6.07, 6.45) is -2.94. The van der Waals surface area contributed by atoms with Gasteiger partial charge in [-0.25, -0.2) is 4.99 Å². The highest BCUT2D eigenvalue weighted by Crippen LogP contribution is 2.24. The molecule has 1 atom stereocenters. The van der Waals surface area contributed by atoms with Crippen LogP contribution in [-0.2, 0) is 12.1 Å². The third kappa shape index (κ3) is 8.42. The van der Waals surface area contributed by atoms with Crippen molar-refractivity contribution in [1.82, 2.24) is 10.6 Å². The first-order valence-electron chi connectivity index (χ1n) is 9.18. The van der Waals surface area contributed by atoms with E-state index in [0.29, 0.717) is 23.8 Å². The van der Waals surface area contributed by atoms with Crippen LogP contribution in [0.1, 0.15) is 30.7 Å². The van der Waals surface area contributed by atoms with E-state index in [2.05, 4.69) is 15.6 Å². The molecule has 2 rings (SSSR count). The van der Waals surface area contributed by atoms with Crippen LogP contribution in [0.3, 0.4) is 0 Å². The SMILES string of the molecule is CCNC(=NCc1ccc(C)cc1OCC(F)(F)F)NCC(C)(O)c1ccco1.I. The third-order valence-electron chi connectivity index (χ3n) is 4.02. The fourth-order valence-corrected chi connectivity index (χ4v) is 2.52. The first kappa shape index (κ1) is 26.1. The molecule has 0 bridgehead atoms. The number of hydrogen-bond donors (Lipinski definition) is 3. The second-order valence-electron chi connectivity index (χ2n) is 6.81. The molecule has 0 fully saturated rings. The van der Waals surface area contributed by atoms with Gasteiger partial charge in [0.25, 0.3) is 0 Å². The highest BCUT2D eigenvalue weighted by Gasteiger charge is 2.29. The minimum atomic E-state index is -4.42. The summed E-state index contributed by atoms with van der Waals surface area (Å²) in [7, 11) is 0. The fourth-order valence-electron chi connectivity index (χ4n) is 2.52. The van der Waals surface area contributed by atoms with Crippen LogP contribution in [0.4, 0.5) is 13.2 Å². The van der Waals surface area contributed by atoms with Gasteiger partial charge in [-0.2, -0.15) is 13.2 Å². The molecule has 0 saturated carbocycles. The Balaban J connectivity index is 0.00000450. The molecule has 2 aromatic rings. The monoisotopic (exact) mass is 541 g/mol. The molecule has 0 spiro atoms. The average Bonchev–Trinajstić information content (AvgIpc) is 3.18. The van der Waals surface area contributed by atoms with E-state index in [0.717, 1.165) is 5.56 Å². The van der Waals surface area contributed by atoms with Crippen LogP contribution in [-0.4, -0.2) is 36.9 Å². The van der Waals surface area contributed by atoms with Crippen molar-refractivity contribution < 1.29 is 27.4 Å². The average molecular weight is 541 g/mol. The molecule has 0 radical (unpaired) electrons. The number of aliphatic imine (C=N–C) groups is 1. The van der Waals surface area contributed by atoms with E-state index in [1.807, 2.05) is 6.92 Å². The number of aryl methyl sites for hydroxylation is 1. The van der Waals surface area contributed by atoms with E-state index in [4.69, 9.17) is 9.15 Å². The van der Waals surface area contributed by atoms with Crippen molar-refractivity contribution in [2.24, 2.45) is 4.99 Å². The summed E-state index contributed by atoms with van der Waals surface area (Å²) >= 11 is 0. The number of hydrogen-bond acceptors (Lipinski definition) is 4. The van der Waals surface area contributed by atoms with Gasteiger partial charge in [-0.15, -0.1) is 24.0 Å². The number of alkyl halides is 3. The molecule has 3 N–H and O–H groups in total. The van der Waals surface area contributed by atoms with E-state index in [1.54, 1.807) is 44.2 Å². The Morgan fingerprint density at radius 2 is 1.97 bits per heavy atom. The number of furan rings is 1. The zero-order valence-corrected chi connectivity index (χ0v) is 19.4. The summed E-state index contributed by atoms with van der Waals surface area (Å²) in [6, 6.07) is 8.38. The Bertz CT molecular complexity index is 809. The van der Waals surface area contributed by atoms with Crippen LogP contribution in [0.15, 0.2) is 46.0 Å². The molecule has 0 aliphatic carbocycles. The summed E-state index contributed by atoms with van der Waals surface area (Å²) in [6.45, 7) is 4.69. The zero-order valence-electron chi connectivity index (χ0n) is 17.0. The van der Waals surface area contributed by atoms with Crippen LogP contribution in [0.2, 0.25) is 0 Å². The predicted octanol–water partition coefficient (Wildman–Crippen LogP) is 4.11. The molecule has 1 unspecified atom stereocenters. The normalized spacial score (nSPS) is 13.9. The Kier molecular flexibility index (Phi) is 9.95. The van der Waals surface area contributed by atoms with E-state index in [1.165, 1.54) is 6.26 Å². The number of ether oxygens (including phenoxy) is 1. The molecule has 0 aliphatic heterocycles.